The number of hydrogen-bond donors (Lipinski definition) is 2. The molecule has 0 spiro atoms. The summed E-state index contributed by atoms with van der Waals surface area (Å²) in [6, 6.07) is 7.22. The molecule has 9 heteroatoms. The van der Waals surface area contributed by atoms with Crippen molar-refractivity contribution < 1.29 is 17.7 Å². The van der Waals surface area contributed by atoms with Gasteiger partial charge in [-0.3, -0.25) is 4.79 Å². The highest BCUT2D eigenvalue weighted by Gasteiger charge is 2.17. The fourth-order valence-corrected chi connectivity index (χ4v) is 2.43. The number of hydrogen-bond acceptors (Lipinski definition) is 6. The van der Waals surface area contributed by atoms with Crippen molar-refractivity contribution in [3.05, 3.63) is 35.7 Å². The van der Waals surface area contributed by atoms with Crippen molar-refractivity contribution in [2.24, 2.45) is 0 Å². The number of amides is 1. The molecular formula is C15H20N4O4S. The summed E-state index contributed by atoms with van der Waals surface area (Å²) in [5, 5.41) is 6.60. The Hall–Kier alpha value is -2.26. The van der Waals surface area contributed by atoms with E-state index >= 15 is 0 Å². The number of aryl methyl sites for hydroxylation is 1. The summed E-state index contributed by atoms with van der Waals surface area (Å²) < 4.78 is 29.3. The number of rotatable bonds is 7. The highest BCUT2D eigenvalue weighted by atomic mass is 32.2. The first-order valence-electron chi connectivity index (χ1n) is 7.39. The molecule has 0 aliphatic rings. The van der Waals surface area contributed by atoms with Crippen LogP contribution in [-0.2, 0) is 14.8 Å². The van der Waals surface area contributed by atoms with E-state index in [2.05, 4.69) is 20.2 Å². The first-order chi connectivity index (χ1) is 11.2. The monoisotopic (exact) mass is 352 g/mol. The molecule has 2 aromatic rings. The largest absolute Gasteiger partial charge is 0.345 e. The van der Waals surface area contributed by atoms with Crippen molar-refractivity contribution in [3.63, 3.8) is 0 Å². The Bertz CT molecular complexity index is 799. The summed E-state index contributed by atoms with van der Waals surface area (Å²) in [5.74, 6) is 0.425. The zero-order chi connectivity index (χ0) is 17.7. The Kier molecular flexibility index (Phi) is 5.68. The van der Waals surface area contributed by atoms with Crippen LogP contribution in [0.15, 0.2) is 28.8 Å². The standard InChI is InChI=1S/C15H20N4O4S/c1-10-4-6-12(7-5-10)14-18-15(23-19-14)11(2)17-13(20)8-9-16-24(3,21)22/h4-7,11,16H,8-9H2,1-3H3,(H,17,20). The number of sulfonamides is 1. The summed E-state index contributed by atoms with van der Waals surface area (Å²) in [6.07, 6.45) is 1.06. The van der Waals surface area contributed by atoms with Crippen LogP contribution in [0.25, 0.3) is 11.4 Å². The Morgan fingerprint density at radius 2 is 1.96 bits per heavy atom. The number of nitrogens with one attached hydrogen (secondary N) is 2. The highest BCUT2D eigenvalue weighted by Crippen LogP contribution is 2.19. The third-order valence-corrected chi connectivity index (χ3v) is 3.94. The fraction of sp³-hybridized carbons (Fsp3) is 0.400. The molecule has 1 aromatic heterocycles. The Labute approximate surface area is 140 Å². The minimum absolute atomic E-state index is 0.0242. The third kappa shape index (κ3) is 5.43. The lowest BCUT2D eigenvalue weighted by Crippen LogP contribution is -2.31. The van der Waals surface area contributed by atoms with Gasteiger partial charge in [-0.2, -0.15) is 4.98 Å². The molecule has 0 saturated carbocycles. The maximum Gasteiger partial charge on any atom is 0.249 e. The van der Waals surface area contributed by atoms with Crippen LogP contribution < -0.4 is 10.0 Å². The lowest BCUT2D eigenvalue weighted by molar-refractivity contribution is -0.121. The average Bonchev–Trinajstić information content (AvgIpc) is 2.96. The first-order valence-corrected chi connectivity index (χ1v) is 9.28. The summed E-state index contributed by atoms with van der Waals surface area (Å²) in [4.78, 5) is 16.1. The summed E-state index contributed by atoms with van der Waals surface area (Å²) in [6.45, 7) is 3.74. The topological polar surface area (TPSA) is 114 Å². The zero-order valence-electron chi connectivity index (χ0n) is 13.7. The lowest BCUT2D eigenvalue weighted by Gasteiger charge is -2.09. The first kappa shape index (κ1) is 18.1. The lowest BCUT2D eigenvalue weighted by atomic mass is 10.1. The molecule has 0 fully saturated rings. The molecule has 0 bridgehead atoms. The predicted molar refractivity (Wildman–Crippen MR) is 88.5 cm³/mol. The van der Waals surface area contributed by atoms with Crippen LogP contribution in [0, 0.1) is 6.92 Å². The second-order valence-corrected chi connectivity index (χ2v) is 7.36. The van der Waals surface area contributed by atoms with Crippen molar-refractivity contribution in [1.82, 2.24) is 20.2 Å². The molecule has 2 rings (SSSR count). The van der Waals surface area contributed by atoms with Crippen LogP contribution in [0.3, 0.4) is 0 Å². The van der Waals surface area contributed by atoms with Crippen LogP contribution in [0.2, 0.25) is 0 Å². The van der Waals surface area contributed by atoms with E-state index in [4.69, 9.17) is 4.52 Å². The van der Waals surface area contributed by atoms with E-state index in [-0.39, 0.29) is 24.8 Å². The molecule has 1 aromatic carbocycles. The Morgan fingerprint density at radius 3 is 2.58 bits per heavy atom. The SMILES string of the molecule is Cc1ccc(-c2noc(C(C)NC(=O)CCNS(C)(=O)=O)n2)cc1. The fourth-order valence-electron chi connectivity index (χ4n) is 1.96. The Balaban J connectivity index is 1.92. The van der Waals surface area contributed by atoms with Crippen LogP contribution in [-0.4, -0.2) is 37.3 Å². The average molecular weight is 352 g/mol. The smallest absolute Gasteiger partial charge is 0.249 e. The van der Waals surface area contributed by atoms with Gasteiger partial charge in [0, 0.05) is 18.5 Å². The van der Waals surface area contributed by atoms with E-state index in [1.54, 1.807) is 6.92 Å². The maximum atomic E-state index is 11.8. The van der Waals surface area contributed by atoms with Crippen LogP contribution in [0.1, 0.15) is 30.8 Å². The van der Waals surface area contributed by atoms with E-state index in [1.165, 1.54) is 0 Å². The van der Waals surface area contributed by atoms with Gasteiger partial charge in [0.25, 0.3) is 0 Å². The summed E-state index contributed by atoms with van der Waals surface area (Å²) in [7, 11) is -3.30. The molecule has 1 atom stereocenters. The zero-order valence-corrected chi connectivity index (χ0v) is 14.6. The molecule has 1 heterocycles. The molecule has 2 N–H and O–H groups in total. The molecule has 0 aliphatic heterocycles. The Morgan fingerprint density at radius 1 is 1.29 bits per heavy atom. The van der Waals surface area contributed by atoms with Crippen LogP contribution in [0.4, 0.5) is 0 Å². The van der Waals surface area contributed by atoms with Crippen molar-refractivity contribution in [3.8, 4) is 11.4 Å². The van der Waals surface area contributed by atoms with Gasteiger partial charge in [-0.05, 0) is 13.8 Å². The van der Waals surface area contributed by atoms with E-state index in [9.17, 15) is 13.2 Å². The van der Waals surface area contributed by atoms with Crippen molar-refractivity contribution in [1.29, 1.82) is 0 Å². The number of benzene rings is 1. The van der Waals surface area contributed by atoms with Crippen molar-refractivity contribution in [2.75, 3.05) is 12.8 Å². The number of nitrogens with zero attached hydrogens (tertiary/aromatic N) is 2. The minimum Gasteiger partial charge on any atom is -0.345 e. The van der Waals surface area contributed by atoms with E-state index < -0.39 is 16.1 Å². The van der Waals surface area contributed by atoms with E-state index in [0.717, 1.165) is 17.4 Å². The number of aromatic nitrogens is 2. The van der Waals surface area contributed by atoms with Gasteiger partial charge in [0.1, 0.15) is 6.04 Å². The molecule has 0 aliphatic carbocycles. The number of carbonyl (C=O) groups is 1. The van der Waals surface area contributed by atoms with Gasteiger partial charge >= 0.3 is 0 Å². The van der Waals surface area contributed by atoms with E-state index in [1.807, 2.05) is 31.2 Å². The molecule has 8 nitrogen and oxygen atoms in total. The molecule has 24 heavy (non-hydrogen) atoms. The van der Waals surface area contributed by atoms with Gasteiger partial charge in [-0.15, -0.1) is 0 Å². The molecule has 1 unspecified atom stereocenters. The van der Waals surface area contributed by atoms with E-state index in [0.29, 0.717) is 5.82 Å². The minimum atomic E-state index is -3.30. The van der Waals surface area contributed by atoms with Crippen LogP contribution >= 0.6 is 0 Å². The van der Waals surface area contributed by atoms with Crippen molar-refractivity contribution >= 4 is 15.9 Å². The van der Waals surface area contributed by atoms with Crippen LogP contribution in [0.5, 0.6) is 0 Å². The molecule has 0 radical (unpaired) electrons. The third-order valence-electron chi connectivity index (χ3n) is 3.22. The summed E-state index contributed by atoms with van der Waals surface area (Å²) in [5.41, 5.74) is 1.96. The van der Waals surface area contributed by atoms with Gasteiger partial charge < -0.3 is 9.84 Å². The number of carbonyl (C=O) groups excluding carboxylic acids is 1. The van der Waals surface area contributed by atoms with Gasteiger partial charge in [-0.1, -0.05) is 35.0 Å². The van der Waals surface area contributed by atoms with Gasteiger partial charge in [0.05, 0.1) is 6.26 Å². The molecule has 1 amide bonds. The second kappa shape index (κ2) is 7.54. The molecule has 130 valence electrons. The molecule has 0 saturated heterocycles. The van der Waals surface area contributed by atoms with Gasteiger partial charge in [0.15, 0.2) is 0 Å². The van der Waals surface area contributed by atoms with Crippen molar-refractivity contribution in [2.45, 2.75) is 26.3 Å². The predicted octanol–water partition coefficient (Wildman–Crippen LogP) is 1.16. The molecular weight excluding hydrogens is 332 g/mol. The highest BCUT2D eigenvalue weighted by molar-refractivity contribution is 7.88. The van der Waals surface area contributed by atoms with Gasteiger partial charge in [0.2, 0.25) is 27.6 Å². The second-order valence-electron chi connectivity index (χ2n) is 5.53. The summed E-state index contributed by atoms with van der Waals surface area (Å²) >= 11 is 0. The van der Waals surface area contributed by atoms with Gasteiger partial charge in [-0.25, -0.2) is 13.1 Å². The quantitative estimate of drug-likeness (QED) is 0.773. The normalized spacial score (nSPS) is 12.8. The maximum absolute atomic E-state index is 11.8.